The van der Waals surface area contributed by atoms with Crippen LogP contribution < -0.4 is 4.74 Å². The zero-order chi connectivity index (χ0) is 22.5. The minimum atomic E-state index is -0.794. The van der Waals surface area contributed by atoms with Gasteiger partial charge in [-0.3, -0.25) is 4.79 Å². The molecule has 2 aromatic carbocycles. The number of hydrogen-bond donors (Lipinski definition) is 1. The molecule has 1 atom stereocenters. The van der Waals surface area contributed by atoms with E-state index >= 15 is 0 Å². The molecule has 0 spiro atoms. The molecule has 3 rings (SSSR count). The SMILES string of the molecule is CCCc1cn(Cc2ccc(C(=O)OC)cc2OC)c2cc(CC(C)C(=O)O)ccc12. The Kier molecular flexibility index (Phi) is 7.00. The molecule has 1 unspecified atom stereocenters. The van der Waals surface area contributed by atoms with E-state index in [0.717, 1.165) is 29.5 Å². The third kappa shape index (κ3) is 4.90. The number of carboxylic acids is 1. The van der Waals surface area contributed by atoms with Crippen molar-refractivity contribution >= 4 is 22.8 Å². The molecule has 6 nitrogen and oxygen atoms in total. The van der Waals surface area contributed by atoms with Gasteiger partial charge >= 0.3 is 11.9 Å². The highest BCUT2D eigenvalue weighted by molar-refractivity contribution is 5.90. The maximum atomic E-state index is 11.8. The summed E-state index contributed by atoms with van der Waals surface area (Å²) in [5.41, 5.74) is 4.72. The predicted octanol–water partition coefficient (Wildman–Crippen LogP) is 4.70. The molecular weight excluding hydrogens is 394 g/mol. The Morgan fingerprint density at radius 3 is 2.52 bits per heavy atom. The van der Waals surface area contributed by atoms with Crippen molar-refractivity contribution in [3.63, 3.8) is 0 Å². The Labute approximate surface area is 182 Å². The molecule has 164 valence electrons. The molecule has 0 radical (unpaired) electrons. The first-order valence-corrected chi connectivity index (χ1v) is 10.5. The molecule has 0 aliphatic carbocycles. The number of hydrogen-bond acceptors (Lipinski definition) is 4. The van der Waals surface area contributed by atoms with Crippen LogP contribution >= 0.6 is 0 Å². The highest BCUT2D eigenvalue weighted by Crippen LogP contribution is 2.28. The van der Waals surface area contributed by atoms with E-state index in [0.29, 0.717) is 24.3 Å². The number of aliphatic carboxylic acids is 1. The molecule has 0 saturated carbocycles. The number of methoxy groups -OCH3 is 2. The lowest BCUT2D eigenvalue weighted by Gasteiger charge is -2.13. The largest absolute Gasteiger partial charge is 0.496 e. The smallest absolute Gasteiger partial charge is 0.337 e. The van der Waals surface area contributed by atoms with Gasteiger partial charge in [-0.05, 0) is 42.2 Å². The molecule has 1 aromatic heterocycles. The predicted molar refractivity (Wildman–Crippen MR) is 120 cm³/mol. The van der Waals surface area contributed by atoms with Gasteiger partial charge in [0.2, 0.25) is 0 Å². The summed E-state index contributed by atoms with van der Waals surface area (Å²) < 4.78 is 12.5. The zero-order valence-electron chi connectivity index (χ0n) is 18.5. The molecular formula is C25H29NO5. The number of rotatable bonds is 9. The third-order valence-corrected chi connectivity index (χ3v) is 5.56. The topological polar surface area (TPSA) is 77.8 Å². The summed E-state index contributed by atoms with van der Waals surface area (Å²) in [6.07, 6.45) is 4.64. The van der Waals surface area contributed by atoms with Crippen LogP contribution in [0.3, 0.4) is 0 Å². The summed E-state index contributed by atoms with van der Waals surface area (Å²) in [6, 6.07) is 11.5. The molecule has 31 heavy (non-hydrogen) atoms. The van der Waals surface area contributed by atoms with Gasteiger partial charge in [0.1, 0.15) is 5.75 Å². The van der Waals surface area contributed by atoms with Crippen LogP contribution in [0.4, 0.5) is 0 Å². The monoisotopic (exact) mass is 423 g/mol. The van der Waals surface area contributed by atoms with E-state index in [2.05, 4.69) is 29.8 Å². The number of carbonyl (C=O) groups excluding carboxylic acids is 1. The lowest BCUT2D eigenvalue weighted by atomic mass is 9.99. The van der Waals surface area contributed by atoms with E-state index in [1.54, 1.807) is 26.2 Å². The van der Waals surface area contributed by atoms with Crippen molar-refractivity contribution in [3.8, 4) is 5.75 Å². The average molecular weight is 424 g/mol. The van der Waals surface area contributed by atoms with E-state index in [1.807, 2.05) is 12.1 Å². The van der Waals surface area contributed by atoms with Crippen molar-refractivity contribution in [2.45, 2.75) is 39.7 Å². The van der Waals surface area contributed by atoms with Crippen molar-refractivity contribution in [2.75, 3.05) is 14.2 Å². The number of carbonyl (C=O) groups is 2. The summed E-state index contributed by atoms with van der Waals surface area (Å²) in [6.45, 7) is 4.45. The summed E-state index contributed by atoms with van der Waals surface area (Å²) in [4.78, 5) is 23.1. The van der Waals surface area contributed by atoms with Gasteiger partial charge < -0.3 is 19.1 Å². The Morgan fingerprint density at radius 2 is 1.87 bits per heavy atom. The standard InChI is InChI=1S/C25H29NO5/c1-5-6-19-14-26(15-20-9-8-18(25(29)31-4)13-23(20)30-3)22-12-17(7-10-21(19)22)11-16(2)24(27)28/h7-10,12-14,16H,5-6,11,15H2,1-4H3,(H,27,28). The van der Waals surface area contributed by atoms with Crippen LogP contribution in [0, 0.1) is 5.92 Å². The molecule has 1 heterocycles. The number of benzene rings is 2. The minimum absolute atomic E-state index is 0.404. The number of ether oxygens (including phenoxy) is 2. The fourth-order valence-corrected chi connectivity index (χ4v) is 3.88. The molecule has 0 bridgehead atoms. The number of aromatic nitrogens is 1. The van der Waals surface area contributed by atoms with Crippen LogP contribution in [0.1, 0.15) is 47.3 Å². The molecule has 0 fully saturated rings. The van der Waals surface area contributed by atoms with E-state index < -0.39 is 17.9 Å². The van der Waals surface area contributed by atoms with Gasteiger partial charge in [-0.2, -0.15) is 0 Å². The molecule has 0 aliphatic rings. The van der Waals surface area contributed by atoms with Gasteiger partial charge in [-0.1, -0.05) is 38.5 Å². The normalized spacial score (nSPS) is 12.0. The summed E-state index contributed by atoms with van der Waals surface area (Å²) in [5, 5.41) is 10.4. The number of nitrogens with zero attached hydrogens (tertiary/aromatic N) is 1. The first-order chi connectivity index (χ1) is 14.9. The highest BCUT2D eigenvalue weighted by atomic mass is 16.5. The number of esters is 1. The third-order valence-electron chi connectivity index (χ3n) is 5.56. The Hall–Kier alpha value is -3.28. The molecule has 6 heteroatoms. The quantitative estimate of drug-likeness (QED) is 0.505. The van der Waals surface area contributed by atoms with Crippen molar-refractivity contribution in [1.29, 1.82) is 0 Å². The van der Waals surface area contributed by atoms with Gasteiger partial charge in [0, 0.05) is 22.7 Å². The van der Waals surface area contributed by atoms with Crippen molar-refractivity contribution in [3.05, 3.63) is 64.8 Å². The fraction of sp³-hybridized carbons (Fsp3) is 0.360. The lowest BCUT2D eigenvalue weighted by molar-refractivity contribution is -0.141. The Morgan fingerprint density at radius 1 is 1.10 bits per heavy atom. The number of fused-ring (bicyclic) bond motifs is 1. The zero-order valence-corrected chi connectivity index (χ0v) is 18.5. The van der Waals surface area contributed by atoms with Gasteiger partial charge in [0.05, 0.1) is 32.2 Å². The Balaban J connectivity index is 2.02. The molecule has 3 aromatic rings. The summed E-state index contributed by atoms with van der Waals surface area (Å²) >= 11 is 0. The number of carboxylic acid groups (broad SMARTS) is 1. The van der Waals surface area contributed by atoms with Gasteiger partial charge in [0.15, 0.2) is 0 Å². The van der Waals surface area contributed by atoms with Crippen LogP contribution in [0.5, 0.6) is 5.75 Å². The molecule has 0 saturated heterocycles. The van der Waals surface area contributed by atoms with E-state index in [1.165, 1.54) is 18.1 Å². The summed E-state index contributed by atoms with van der Waals surface area (Å²) in [5.74, 6) is -1.02. The Bertz CT molecular complexity index is 1100. The van der Waals surface area contributed by atoms with Gasteiger partial charge in [0.25, 0.3) is 0 Å². The van der Waals surface area contributed by atoms with E-state index in [9.17, 15) is 14.7 Å². The van der Waals surface area contributed by atoms with Crippen LogP contribution in [-0.4, -0.2) is 35.8 Å². The maximum Gasteiger partial charge on any atom is 0.337 e. The van der Waals surface area contributed by atoms with Crippen LogP contribution in [0.15, 0.2) is 42.6 Å². The first-order valence-electron chi connectivity index (χ1n) is 10.5. The molecule has 0 amide bonds. The minimum Gasteiger partial charge on any atom is -0.496 e. The second-order valence-corrected chi connectivity index (χ2v) is 7.85. The van der Waals surface area contributed by atoms with Crippen molar-refractivity contribution in [2.24, 2.45) is 5.92 Å². The lowest BCUT2D eigenvalue weighted by Crippen LogP contribution is -2.12. The maximum absolute atomic E-state index is 11.8. The van der Waals surface area contributed by atoms with Crippen LogP contribution in [0.2, 0.25) is 0 Å². The van der Waals surface area contributed by atoms with Crippen molar-refractivity contribution in [1.82, 2.24) is 4.57 Å². The average Bonchev–Trinajstić information content (AvgIpc) is 3.10. The van der Waals surface area contributed by atoms with Crippen molar-refractivity contribution < 1.29 is 24.2 Å². The van der Waals surface area contributed by atoms with Crippen LogP contribution in [0.25, 0.3) is 10.9 Å². The fourth-order valence-electron chi connectivity index (χ4n) is 3.88. The highest BCUT2D eigenvalue weighted by Gasteiger charge is 2.16. The van der Waals surface area contributed by atoms with Gasteiger partial charge in [-0.25, -0.2) is 4.79 Å². The number of aryl methyl sites for hydroxylation is 1. The second-order valence-electron chi connectivity index (χ2n) is 7.85. The van der Waals surface area contributed by atoms with E-state index in [4.69, 9.17) is 9.47 Å². The second kappa shape index (κ2) is 9.69. The van der Waals surface area contributed by atoms with Gasteiger partial charge in [-0.15, -0.1) is 0 Å². The summed E-state index contributed by atoms with van der Waals surface area (Å²) in [7, 11) is 2.94. The molecule has 1 N–H and O–H groups in total. The molecule has 0 aliphatic heterocycles. The first kappa shape index (κ1) is 22.4. The van der Waals surface area contributed by atoms with Crippen LogP contribution in [-0.2, 0) is 28.9 Å². The van der Waals surface area contributed by atoms with E-state index in [-0.39, 0.29) is 0 Å².